The van der Waals surface area contributed by atoms with Gasteiger partial charge in [0.25, 0.3) is 0 Å². The van der Waals surface area contributed by atoms with Crippen molar-refractivity contribution in [2.75, 3.05) is 24.6 Å². The summed E-state index contributed by atoms with van der Waals surface area (Å²) in [4.78, 5) is 18.3. The first-order valence-corrected chi connectivity index (χ1v) is 13.3. The van der Waals surface area contributed by atoms with Gasteiger partial charge in [0, 0.05) is 18.1 Å². The summed E-state index contributed by atoms with van der Waals surface area (Å²) >= 11 is 14.2. The third kappa shape index (κ3) is 6.35. The van der Waals surface area contributed by atoms with E-state index >= 15 is 0 Å². The minimum absolute atomic E-state index is 0.0412. The number of nitrogens with zero attached hydrogens (tertiary/aromatic N) is 2. The van der Waals surface area contributed by atoms with Crippen molar-refractivity contribution >= 4 is 55.9 Å². The standard InChI is InChI=1S/C26H30Cl2N2O3S/c1-16(2)11-19-15-30(26-29-22-6-4-20(27)14-24(22)34-26)9-7-18(19)8-10-33-23-12-17(13-25(31)32)3-5-21(23)28/h3-6,12,14,16,18-19H,7-11,13,15H2,1-2H3,(H,31,32)/t18?,19-/m0/s1. The van der Waals surface area contributed by atoms with E-state index in [0.717, 1.165) is 52.7 Å². The number of ether oxygens (including phenoxy) is 1. The lowest BCUT2D eigenvalue weighted by atomic mass is 9.79. The number of hydrogen-bond acceptors (Lipinski definition) is 5. The van der Waals surface area contributed by atoms with Gasteiger partial charge in [-0.05, 0) is 72.9 Å². The average molecular weight is 522 g/mol. The Bertz CT molecular complexity index is 1150. The van der Waals surface area contributed by atoms with E-state index in [-0.39, 0.29) is 6.42 Å². The number of piperidine rings is 1. The van der Waals surface area contributed by atoms with Crippen LogP contribution in [0, 0.1) is 17.8 Å². The van der Waals surface area contributed by atoms with Crippen LogP contribution in [0.1, 0.15) is 38.7 Å². The number of thiazole rings is 1. The third-order valence-electron chi connectivity index (χ3n) is 6.37. The number of benzene rings is 2. The summed E-state index contributed by atoms with van der Waals surface area (Å²) in [5, 5.41) is 11.4. The van der Waals surface area contributed by atoms with Gasteiger partial charge >= 0.3 is 5.97 Å². The summed E-state index contributed by atoms with van der Waals surface area (Å²) in [6.45, 7) is 7.09. The van der Waals surface area contributed by atoms with Gasteiger partial charge in [-0.25, -0.2) is 4.98 Å². The first-order chi connectivity index (χ1) is 16.3. The number of aliphatic carboxylic acids is 1. The van der Waals surface area contributed by atoms with Gasteiger partial charge in [-0.2, -0.15) is 0 Å². The molecule has 8 heteroatoms. The summed E-state index contributed by atoms with van der Waals surface area (Å²) in [5.74, 6) is 1.43. The Balaban J connectivity index is 1.40. The zero-order valence-electron chi connectivity index (χ0n) is 19.5. The van der Waals surface area contributed by atoms with Gasteiger partial charge in [0.15, 0.2) is 5.13 Å². The first kappa shape index (κ1) is 25.1. The lowest BCUT2D eigenvalue weighted by Gasteiger charge is -2.39. The second-order valence-corrected chi connectivity index (χ2v) is 11.3. The number of rotatable bonds is 9. The number of aromatic nitrogens is 1. The number of carboxylic acid groups (broad SMARTS) is 1. The van der Waals surface area contributed by atoms with Crippen LogP contribution in [-0.2, 0) is 11.2 Å². The van der Waals surface area contributed by atoms with Crippen molar-refractivity contribution in [2.45, 2.75) is 39.5 Å². The van der Waals surface area contributed by atoms with Crippen LogP contribution in [-0.4, -0.2) is 35.8 Å². The lowest BCUT2D eigenvalue weighted by molar-refractivity contribution is -0.136. The molecule has 4 rings (SSSR count). The highest BCUT2D eigenvalue weighted by Crippen LogP contribution is 2.37. The molecule has 1 aliphatic rings. The number of carboxylic acids is 1. The molecule has 1 unspecified atom stereocenters. The Morgan fingerprint density at radius 3 is 2.82 bits per heavy atom. The van der Waals surface area contributed by atoms with Gasteiger partial charge in [0.05, 0.1) is 28.3 Å². The molecule has 2 aromatic carbocycles. The molecule has 1 aromatic heterocycles. The maximum absolute atomic E-state index is 11.0. The van der Waals surface area contributed by atoms with E-state index in [0.29, 0.717) is 40.7 Å². The predicted molar refractivity (Wildman–Crippen MR) is 141 cm³/mol. The Morgan fingerprint density at radius 2 is 2.06 bits per heavy atom. The molecule has 0 radical (unpaired) electrons. The Hall–Kier alpha value is -2.02. The Morgan fingerprint density at radius 1 is 1.24 bits per heavy atom. The van der Waals surface area contributed by atoms with E-state index in [1.165, 1.54) is 0 Å². The molecule has 0 bridgehead atoms. The van der Waals surface area contributed by atoms with Crippen LogP contribution in [0.3, 0.4) is 0 Å². The van der Waals surface area contributed by atoms with Crippen LogP contribution in [0.4, 0.5) is 5.13 Å². The molecule has 3 aromatic rings. The van der Waals surface area contributed by atoms with Gasteiger partial charge in [0.1, 0.15) is 5.75 Å². The van der Waals surface area contributed by atoms with E-state index in [1.54, 1.807) is 29.5 Å². The van der Waals surface area contributed by atoms with E-state index in [9.17, 15) is 4.79 Å². The van der Waals surface area contributed by atoms with E-state index in [2.05, 4.69) is 18.7 Å². The van der Waals surface area contributed by atoms with Crippen molar-refractivity contribution in [1.82, 2.24) is 4.98 Å². The largest absolute Gasteiger partial charge is 0.492 e. The second-order valence-electron chi connectivity index (χ2n) is 9.47. The molecule has 0 aliphatic carbocycles. The van der Waals surface area contributed by atoms with Crippen molar-refractivity contribution in [2.24, 2.45) is 17.8 Å². The van der Waals surface area contributed by atoms with Gasteiger partial charge in [-0.15, -0.1) is 0 Å². The molecule has 0 amide bonds. The SMILES string of the molecule is CC(C)C[C@H]1CN(c2nc3ccc(Cl)cc3s2)CCC1CCOc1cc(CC(=O)O)ccc1Cl. The van der Waals surface area contributed by atoms with Crippen molar-refractivity contribution in [1.29, 1.82) is 0 Å². The Kier molecular flexibility index (Phi) is 8.22. The van der Waals surface area contributed by atoms with Gasteiger partial charge in [0.2, 0.25) is 0 Å². The maximum Gasteiger partial charge on any atom is 0.307 e. The summed E-state index contributed by atoms with van der Waals surface area (Å²) in [7, 11) is 0. The second kappa shape index (κ2) is 11.1. The molecule has 1 N–H and O–H groups in total. The maximum atomic E-state index is 11.0. The summed E-state index contributed by atoms with van der Waals surface area (Å²) < 4.78 is 7.14. The highest BCUT2D eigenvalue weighted by molar-refractivity contribution is 7.22. The highest BCUT2D eigenvalue weighted by Gasteiger charge is 2.31. The molecule has 1 fully saturated rings. The molecule has 2 heterocycles. The molecule has 0 saturated carbocycles. The topological polar surface area (TPSA) is 62.7 Å². The monoisotopic (exact) mass is 520 g/mol. The molecular formula is C26H30Cl2N2O3S. The average Bonchev–Trinajstić information content (AvgIpc) is 3.19. The molecule has 1 saturated heterocycles. The first-order valence-electron chi connectivity index (χ1n) is 11.7. The molecular weight excluding hydrogens is 491 g/mol. The molecule has 182 valence electrons. The van der Waals surface area contributed by atoms with E-state index < -0.39 is 5.97 Å². The molecule has 5 nitrogen and oxygen atoms in total. The molecule has 2 atom stereocenters. The van der Waals surface area contributed by atoms with Gasteiger partial charge in [-0.3, -0.25) is 4.79 Å². The fourth-order valence-electron chi connectivity index (χ4n) is 4.79. The molecule has 0 spiro atoms. The zero-order valence-corrected chi connectivity index (χ0v) is 21.8. The van der Waals surface area contributed by atoms with Crippen LogP contribution < -0.4 is 9.64 Å². The lowest BCUT2D eigenvalue weighted by Crippen LogP contribution is -2.41. The minimum atomic E-state index is -0.868. The summed E-state index contributed by atoms with van der Waals surface area (Å²) in [5.41, 5.74) is 1.69. The fourth-order valence-corrected chi connectivity index (χ4v) is 6.24. The van der Waals surface area contributed by atoms with Crippen LogP contribution in [0.5, 0.6) is 5.75 Å². The van der Waals surface area contributed by atoms with Crippen molar-refractivity contribution in [3.05, 3.63) is 52.0 Å². The van der Waals surface area contributed by atoms with Crippen molar-refractivity contribution in [3.8, 4) is 5.75 Å². The van der Waals surface area contributed by atoms with E-state index in [1.807, 2.05) is 18.2 Å². The van der Waals surface area contributed by atoms with Gasteiger partial charge < -0.3 is 14.7 Å². The number of carbonyl (C=O) groups is 1. The van der Waals surface area contributed by atoms with Crippen LogP contribution in [0.2, 0.25) is 10.0 Å². The highest BCUT2D eigenvalue weighted by atomic mass is 35.5. The van der Waals surface area contributed by atoms with Crippen molar-refractivity contribution in [3.63, 3.8) is 0 Å². The Labute approximate surface area is 214 Å². The predicted octanol–water partition coefficient (Wildman–Crippen LogP) is 7.19. The molecule has 34 heavy (non-hydrogen) atoms. The summed E-state index contributed by atoms with van der Waals surface area (Å²) in [6, 6.07) is 11.1. The van der Waals surface area contributed by atoms with Crippen LogP contribution >= 0.6 is 34.5 Å². The smallest absolute Gasteiger partial charge is 0.307 e. The zero-order chi connectivity index (χ0) is 24.2. The number of halogens is 2. The number of hydrogen-bond donors (Lipinski definition) is 1. The minimum Gasteiger partial charge on any atom is -0.492 e. The van der Waals surface area contributed by atoms with E-state index in [4.69, 9.17) is 38.0 Å². The summed E-state index contributed by atoms with van der Waals surface area (Å²) in [6.07, 6.45) is 3.15. The van der Waals surface area contributed by atoms with Crippen LogP contribution in [0.25, 0.3) is 10.2 Å². The van der Waals surface area contributed by atoms with Crippen molar-refractivity contribution < 1.29 is 14.6 Å². The molecule has 1 aliphatic heterocycles. The van der Waals surface area contributed by atoms with Gasteiger partial charge in [-0.1, -0.05) is 54.5 Å². The number of fused-ring (bicyclic) bond motifs is 1. The number of anilines is 1. The normalized spacial score (nSPS) is 18.6. The quantitative estimate of drug-likeness (QED) is 0.323. The fraction of sp³-hybridized carbons (Fsp3) is 0.462. The third-order valence-corrected chi connectivity index (χ3v) is 8.00. The van der Waals surface area contributed by atoms with Crippen LogP contribution in [0.15, 0.2) is 36.4 Å².